The fourth-order valence-electron chi connectivity index (χ4n) is 4.42. The molecule has 0 saturated heterocycles. The summed E-state index contributed by atoms with van der Waals surface area (Å²) in [6, 6.07) is 6.10. The van der Waals surface area contributed by atoms with Gasteiger partial charge in [-0.25, -0.2) is 0 Å². The fraction of sp³-hybridized carbons (Fsp3) is 0.542. The zero-order chi connectivity index (χ0) is 20.1. The van der Waals surface area contributed by atoms with Gasteiger partial charge in [0.15, 0.2) is 0 Å². The largest absolute Gasteiger partial charge is 1.00 e. The second-order valence-corrected chi connectivity index (χ2v) is 8.02. The molecule has 4 nitrogen and oxygen atoms in total. The maximum absolute atomic E-state index is 10.7. The zero-order valence-corrected chi connectivity index (χ0v) is 19.7. The van der Waals surface area contributed by atoms with Crippen LogP contribution in [0.3, 0.4) is 0 Å². The molecule has 150 valence electrons. The molecule has 1 saturated carbocycles. The number of carboxylic acid groups (broad SMARTS) is 1. The first kappa shape index (κ1) is 24.0. The first-order chi connectivity index (χ1) is 13.5. The minimum atomic E-state index is -1.02. The van der Waals surface area contributed by atoms with Crippen molar-refractivity contribution in [1.29, 1.82) is 0 Å². The summed E-state index contributed by atoms with van der Waals surface area (Å²) in [5.74, 6) is 6.65. The van der Waals surface area contributed by atoms with Crippen LogP contribution in [0.25, 0.3) is 0 Å². The van der Waals surface area contributed by atoms with Crippen LogP contribution in [-0.4, -0.2) is 23.3 Å². The minimum absolute atomic E-state index is 0. The third kappa shape index (κ3) is 5.89. The maximum atomic E-state index is 10.7. The third-order valence-corrected chi connectivity index (χ3v) is 5.84. The smallest absolute Gasteiger partial charge is 0.550 e. The molecule has 0 spiro atoms. The Morgan fingerprint density at radius 2 is 2.24 bits per heavy atom. The number of carbonyl (C=O) groups excluding carboxylic acids is 1. The van der Waals surface area contributed by atoms with Gasteiger partial charge >= 0.3 is 29.6 Å². The molecular formula is C24H29NaO4. The van der Waals surface area contributed by atoms with Crippen LogP contribution in [-0.2, 0) is 11.2 Å². The van der Waals surface area contributed by atoms with E-state index in [2.05, 4.69) is 37.0 Å². The summed E-state index contributed by atoms with van der Waals surface area (Å²) in [5.41, 5.74) is 2.20. The van der Waals surface area contributed by atoms with Gasteiger partial charge in [0.25, 0.3) is 0 Å². The van der Waals surface area contributed by atoms with Crippen LogP contribution in [0, 0.1) is 23.7 Å². The second-order valence-electron chi connectivity index (χ2n) is 8.02. The summed E-state index contributed by atoms with van der Waals surface area (Å²) >= 11 is 0. The van der Waals surface area contributed by atoms with Gasteiger partial charge in [0.05, 0.1) is 6.10 Å². The van der Waals surface area contributed by atoms with Crippen molar-refractivity contribution in [3.63, 3.8) is 0 Å². The quantitative estimate of drug-likeness (QED) is 0.376. The number of allylic oxidation sites excluding steroid dienone is 1. The first-order valence-corrected chi connectivity index (χ1v) is 10.2. The van der Waals surface area contributed by atoms with Gasteiger partial charge in [-0.05, 0) is 44.1 Å². The number of aliphatic carboxylic acids is 1. The van der Waals surface area contributed by atoms with Gasteiger partial charge in [-0.15, -0.1) is 11.8 Å². The van der Waals surface area contributed by atoms with E-state index in [1.807, 2.05) is 19.1 Å². The van der Waals surface area contributed by atoms with Crippen molar-refractivity contribution >= 4 is 5.97 Å². The Hall–Kier alpha value is -1.25. The van der Waals surface area contributed by atoms with Gasteiger partial charge < -0.3 is 19.7 Å². The van der Waals surface area contributed by atoms with E-state index in [-0.39, 0.29) is 53.9 Å². The van der Waals surface area contributed by atoms with E-state index in [1.54, 1.807) is 0 Å². The fourth-order valence-corrected chi connectivity index (χ4v) is 4.42. The van der Waals surface area contributed by atoms with Crippen molar-refractivity contribution in [2.24, 2.45) is 11.8 Å². The van der Waals surface area contributed by atoms with E-state index in [0.29, 0.717) is 25.2 Å². The topological polar surface area (TPSA) is 69.6 Å². The number of aliphatic hydroxyl groups excluding tert-OH is 1. The molecule has 1 aromatic carbocycles. The van der Waals surface area contributed by atoms with Gasteiger partial charge in [-0.2, -0.15) is 0 Å². The molecule has 0 amide bonds. The van der Waals surface area contributed by atoms with E-state index in [1.165, 1.54) is 0 Å². The van der Waals surface area contributed by atoms with E-state index < -0.39 is 12.1 Å². The normalized spacial score (nSPS) is 25.3. The summed E-state index contributed by atoms with van der Waals surface area (Å²) < 4.78 is 6.23. The summed E-state index contributed by atoms with van der Waals surface area (Å²) in [7, 11) is 0. The molecule has 1 fully saturated rings. The van der Waals surface area contributed by atoms with Gasteiger partial charge in [-0.3, -0.25) is 0 Å². The molecule has 3 rings (SSSR count). The third-order valence-electron chi connectivity index (χ3n) is 5.84. The Balaban J connectivity index is 0.00000300. The number of rotatable bonds is 8. The molecule has 0 bridgehead atoms. The van der Waals surface area contributed by atoms with Crippen molar-refractivity contribution < 1.29 is 49.3 Å². The van der Waals surface area contributed by atoms with Crippen LogP contribution >= 0.6 is 0 Å². The van der Waals surface area contributed by atoms with Crippen LogP contribution in [0.1, 0.15) is 63.0 Å². The number of carbonyl (C=O) groups is 1. The molecule has 29 heavy (non-hydrogen) atoms. The Kier molecular flexibility index (Phi) is 9.30. The molecule has 1 heterocycles. The van der Waals surface area contributed by atoms with Crippen LogP contribution in [0.15, 0.2) is 30.4 Å². The van der Waals surface area contributed by atoms with Crippen LogP contribution in [0.2, 0.25) is 0 Å². The van der Waals surface area contributed by atoms with Crippen molar-refractivity contribution in [3.8, 4) is 17.6 Å². The summed E-state index contributed by atoms with van der Waals surface area (Å²) in [5, 5.41) is 21.3. The van der Waals surface area contributed by atoms with Crippen molar-refractivity contribution in [2.75, 3.05) is 0 Å². The molecule has 1 unspecified atom stereocenters. The number of fused-ring (bicyclic) bond motifs is 3. The van der Waals surface area contributed by atoms with Crippen LogP contribution in [0.4, 0.5) is 0 Å². The van der Waals surface area contributed by atoms with Crippen LogP contribution in [0.5, 0.6) is 5.75 Å². The molecule has 1 aliphatic carbocycles. The van der Waals surface area contributed by atoms with Crippen molar-refractivity contribution in [3.05, 3.63) is 41.5 Å². The standard InChI is InChI=1S/C24H30O4.Na/c1-3-4-8-16(2)9-5-12-18-20(25)15-21-23(18)19-13-6-10-17(24(19)28-21)11-7-14-22(26)27;/h5-6,10,12-13,16,18,20-21,23,25H,7-9,11,14-15H2,1-2H3,(H,26,27);/q;+1/p-1/b12-5+;/t16?,18-,20+,21-,23-;/m0./s1. The number of para-hydroxylation sites is 1. The number of hydrogen-bond acceptors (Lipinski definition) is 4. The number of ether oxygens (including phenoxy) is 1. The molecule has 1 aliphatic heterocycles. The SMILES string of the molecule is CC#CCC(C)C/C=C/[C@@H]1[C@H]2c3cccc(CCCC(=O)[O-])c3O[C@H]2C[C@H]1O.[Na+]. The first-order valence-electron chi connectivity index (χ1n) is 10.2. The Morgan fingerprint density at radius 3 is 2.97 bits per heavy atom. The van der Waals surface area contributed by atoms with Crippen molar-refractivity contribution in [2.45, 2.75) is 70.5 Å². The van der Waals surface area contributed by atoms with Gasteiger partial charge in [0, 0.05) is 36.2 Å². The van der Waals surface area contributed by atoms with Crippen molar-refractivity contribution in [1.82, 2.24) is 0 Å². The van der Waals surface area contributed by atoms with Gasteiger partial charge in [0.1, 0.15) is 11.9 Å². The van der Waals surface area contributed by atoms with Gasteiger partial charge in [0.2, 0.25) is 0 Å². The Labute approximate surface area is 196 Å². The maximum Gasteiger partial charge on any atom is 1.00 e. The summed E-state index contributed by atoms with van der Waals surface area (Å²) in [4.78, 5) is 10.7. The molecule has 1 aromatic rings. The van der Waals surface area contributed by atoms with E-state index >= 15 is 0 Å². The molecular weight excluding hydrogens is 375 g/mol. The second kappa shape index (κ2) is 11.2. The van der Waals surface area contributed by atoms with E-state index in [4.69, 9.17) is 4.74 Å². The number of benzene rings is 1. The number of hydrogen-bond donors (Lipinski definition) is 1. The zero-order valence-electron chi connectivity index (χ0n) is 17.7. The average molecular weight is 404 g/mol. The number of aliphatic hydroxyl groups is 1. The molecule has 1 N–H and O–H groups in total. The van der Waals surface area contributed by atoms with E-state index in [0.717, 1.165) is 29.7 Å². The molecule has 5 heteroatoms. The number of carboxylic acids is 1. The monoisotopic (exact) mass is 404 g/mol. The Morgan fingerprint density at radius 1 is 1.45 bits per heavy atom. The molecule has 5 atom stereocenters. The predicted octanol–water partition coefficient (Wildman–Crippen LogP) is -0.0156. The Bertz CT molecular complexity index is 792. The predicted molar refractivity (Wildman–Crippen MR) is 107 cm³/mol. The van der Waals surface area contributed by atoms with E-state index in [9.17, 15) is 15.0 Å². The summed E-state index contributed by atoms with van der Waals surface area (Å²) in [6.07, 6.45) is 7.67. The molecule has 2 aliphatic rings. The van der Waals surface area contributed by atoms with Gasteiger partial charge in [-0.1, -0.05) is 37.3 Å². The summed E-state index contributed by atoms with van der Waals surface area (Å²) in [6.45, 7) is 4.05. The minimum Gasteiger partial charge on any atom is -0.550 e. The number of aryl methyl sites for hydroxylation is 1. The molecule has 0 aromatic heterocycles. The van der Waals surface area contributed by atoms with Crippen LogP contribution < -0.4 is 39.4 Å². The average Bonchev–Trinajstić information content (AvgIpc) is 3.16. The molecule has 0 radical (unpaired) electrons.